The molecule has 1 aliphatic heterocycles. The van der Waals surface area contributed by atoms with Gasteiger partial charge in [0.2, 0.25) is 0 Å². The molecule has 148 valence electrons. The van der Waals surface area contributed by atoms with Gasteiger partial charge in [0.1, 0.15) is 11.5 Å². The van der Waals surface area contributed by atoms with Crippen LogP contribution in [0.2, 0.25) is 0 Å². The summed E-state index contributed by atoms with van der Waals surface area (Å²) in [4.78, 5) is 28.1. The summed E-state index contributed by atoms with van der Waals surface area (Å²) in [5, 5.41) is 4.97. The first-order valence-corrected chi connectivity index (χ1v) is 9.66. The zero-order chi connectivity index (χ0) is 20.4. The summed E-state index contributed by atoms with van der Waals surface area (Å²) < 4.78 is 15.9. The molecule has 1 aliphatic rings. The predicted octanol–water partition coefficient (Wildman–Crippen LogP) is 3.75. The molecule has 2 aromatic heterocycles. The average molecular weight is 410 g/mol. The van der Waals surface area contributed by atoms with E-state index in [-0.39, 0.29) is 18.1 Å². The van der Waals surface area contributed by atoms with Crippen molar-refractivity contribution in [3.63, 3.8) is 0 Å². The molecule has 2 amide bonds. The molecular weight excluding hydrogens is 392 g/mol. The lowest BCUT2D eigenvalue weighted by atomic mass is 10.2. The third-order valence-corrected chi connectivity index (χ3v) is 5.37. The van der Waals surface area contributed by atoms with Gasteiger partial charge in [-0.25, -0.2) is 0 Å². The molecule has 8 heteroatoms. The number of carbonyl (C=O) groups is 2. The van der Waals surface area contributed by atoms with Gasteiger partial charge in [-0.05, 0) is 35.7 Å². The first kappa shape index (κ1) is 18.8. The minimum atomic E-state index is -0.412. The van der Waals surface area contributed by atoms with Crippen LogP contribution in [0.1, 0.15) is 10.6 Å². The Morgan fingerprint density at radius 3 is 2.52 bits per heavy atom. The molecule has 0 atom stereocenters. The molecule has 0 fully saturated rings. The van der Waals surface area contributed by atoms with E-state index in [0.717, 1.165) is 0 Å². The fourth-order valence-electron chi connectivity index (χ4n) is 3.10. The van der Waals surface area contributed by atoms with Crippen molar-refractivity contribution in [3.05, 3.63) is 70.4 Å². The number of anilines is 1. The van der Waals surface area contributed by atoms with Gasteiger partial charge in [-0.15, -0.1) is 11.3 Å². The van der Waals surface area contributed by atoms with Crippen molar-refractivity contribution in [1.82, 2.24) is 4.90 Å². The van der Waals surface area contributed by atoms with E-state index in [1.807, 2.05) is 17.5 Å². The Balaban J connectivity index is 1.71. The number of ether oxygens (including phenoxy) is 2. The van der Waals surface area contributed by atoms with Crippen LogP contribution in [0.25, 0.3) is 5.57 Å². The Labute approximate surface area is 171 Å². The normalized spacial score (nSPS) is 13.9. The number of hydrogen-bond acceptors (Lipinski definition) is 7. The smallest absolute Gasteiger partial charge is 0.278 e. The van der Waals surface area contributed by atoms with E-state index in [1.54, 1.807) is 37.4 Å². The fraction of sp³-hybridized carbons (Fsp3) is 0.143. The summed E-state index contributed by atoms with van der Waals surface area (Å²) in [6.07, 6.45) is 1.51. The van der Waals surface area contributed by atoms with E-state index in [9.17, 15) is 9.59 Å². The van der Waals surface area contributed by atoms with Crippen molar-refractivity contribution in [2.45, 2.75) is 6.54 Å². The Morgan fingerprint density at radius 2 is 1.86 bits per heavy atom. The van der Waals surface area contributed by atoms with Gasteiger partial charge in [0.05, 0.1) is 32.6 Å². The summed E-state index contributed by atoms with van der Waals surface area (Å²) in [5.74, 6) is 0.838. The SMILES string of the molecule is COc1ccc(NC2=C(c3cccs3)C(=O)N(Cc3ccco3)C2=O)cc1OC. The number of hydrogen-bond donors (Lipinski definition) is 1. The van der Waals surface area contributed by atoms with Gasteiger partial charge in [-0.3, -0.25) is 14.5 Å². The fourth-order valence-corrected chi connectivity index (χ4v) is 3.87. The van der Waals surface area contributed by atoms with E-state index in [4.69, 9.17) is 13.9 Å². The third kappa shape index (κ3) is 3.50. The van der Waals surface area contributed by atoms with Gasteiger partial charge in [0.25, 0.3) is 11.8 Å². The molecular formula is C21H18N2O5S. The van der Waals surface area contributed by atoms with Gasteiger partial charge in [0, 0.05) is 16.6 Å². The monoisotopic (exact) mass is 410 g/mol. The first-order chi connectivity index (χ1) is 14.1. The molecule has 7 nitrogen and oxygen atoms in total. The molecule has 0 unspecified atom stereocenters. The second kappa shape index (κ2) is 7.84. The van der Waals surface area contributed by atoms with Gasteiger partial charge >= 0.3 is 0 Å². The second-order valence-electron chi connectivity index (χ2n) is 6.20. The highest BCUT2D eigenvalue weighted by Gasteiger charge is 2.40. The largest absolute Gasteiger partial charge is 0.493 e. The molecule has 0 saturated heterocycles. The zero-order valence-corrected chi connectivity index (χ0v) is 16.6. The number of benzene rings is 1. The van der Waals surface area contributed by atoms with Crippen molar-refractivity contribution in [1.29, 1.82) is 0 Å². The lowest BCUT2D eigenvalue weighted by Gasteiger charge is -2.14. The van der Waals surface area contributed by atoms with Crippen molar-refractivity contribution in [2.24, 2.45) is 0 Å². The standard InChI is InChI=1S/C21H18N2O5S/c1-26-15-8-7-13(11-16(15)27-2)22-19-18(17-6-4-10-29-17)20(24)23(21(19)25)12-14-5-3-9-28-14/h3-11,22H,12H2,1-2H3. The Kier molecular flexibility index (Phi) is 5.09. The van der Waals surface area contributed by atoms with Crippen LogP contribution in [0.5, 0.6) is 11.5 Å². The van der Waals surface area contributed by atoms with E-state index in [2.05, 4.69) is 5.32 Å². The highest BCUT2D eigenvalue weighted by molar-refractivity contribution is 7.11. The number of carbonyl (C=O) groups excluding carboxylic acids is 2. The minimum absolute atomic E-state index is 0.0661. The van der Waals surface area contributed by atoms with Crippen LogP contribution < -0.4 is 14.8 Å². The Bertz CT molecular complexity index is 1070. The number of methoxy groups -OCH3 is 2. The third-order valence-electron chi connectivity index (χ3n) is 4.48. The predicted molar refractivity (Wildman–Crippen MR) is 109 cm³/mol. The number of nitrogens with zero attached hydrogens (tertiary/aromatic N) is 1. The van der Waals surface area contributed by atoms with Gasteiger partial charge in [-0.1, -0.05) is 6.07 Å². The molecule has 1 N–H and O–H groups in total. The number of thiophene rings is 1. The maximum absolute atomic E-state index is 13.1. The van der Waals surface area contributed by atoms with Crippen LogP contribution in [-0.4, -0.2) is 30.9 Å². The molecule has 4 rings (SSSR count). The molecule has 1 aromatic carbocycles. The highest BCUT2D eigenvalue weighted by atomic mass is 32.1. The first-order valence-electron chi connectivity index (χ1n) is 8.78. The number of rotatable bonds is 7. The molecule has 3 aromatic rings. The summed E-state index contributed by atoms with van der Waals surface area (Å²) in [6.45, 7) is 0.0661. The molecule has 0 spiro atoms. The summed E-state index contributed by atoms with van der Waals surface area (Å²) in [5.41, 5.74) is 1.16. The maximum atomic E-state index is 13.1. The van der Waals surface area contributed by atoms with Crippen molar-refractivity contribution >= 4 is 34.4 Å². The minimum Gasteiger partial charge on any atom is -0.493 e. The van der Waals surface area contributed by atoms with Gasteiger partial charge in [-0.2, -0.15) is 0 Å². The van der Waals surface area contributed by atoms with E-state index in [0.29, 0.717) is 33.4 Å². The molecule has 29 heavy (non-hydrogen) atoms. The topological polar surface area (TPSA) is 81.0 Å². The van der Waals surface area contributed by atoms with Crippen molar-refractivity contribution in [2.75, 3.05) is 19.5 Å². The molecule has 0 saturated carbocycles. The van der Waals surface area contributed by atoms with Crippen molar-refractivity contribution < 1.29 is 23.5 Å². The quantitative estimate of drug-likeness (QED) is 0.598. The van der Waals surface area contributed by atoms with E-state index in [1.165, 1.54) is 29.6 Å². The van der Waals surface area contributed by atoms with Crippen LogP contribution in [0.3, 0.4) is 0 Å². The average Bonchev–Trinajstić information content (AvgIpc) is 3.48. The lowest BCUT2D eigenvalue weighted by molar-refractivity contribution is -0.137. The molecule has 0 radical (unpaired) electrons. The van der Waals surface area contributed by atoms with Gasteiger partial charge < -0.3 is 19.2 Å². The van der Waals surface area contributed by atoms with Crippen LogP contribution in [0, 0.1) is 0 Å². The number of nitrogens with one attached hydrogen (secondary N) is 1. The number of imide groups is 1. The van der Waals surface area contributed by atoms with Crippen LogP contribution in [-0.2, 0) is 16.1 Å². The van der Waals surface area contributed by atoms with Gasteiger partial charge in [0.15, 0.2) is 11.5 Å². The summed E-state index contributed by atoms with van der Waals surface area (Å²) in [7, 11) is 3.08. The lowest BCUT2D eigenvalue weighted by Crippen LogP contribution is -2.31. The van der Waals surface area contributed by atoms with Crippen LogP contribution in [0.4, 0.5) is 5.69 Å². The summed E-state index contributed by atoms with van der Waals surface area (Å²) >= 11 is 1.40. The maximum Gasteiger partial charge on any atom is 0.278 e. The molecule has 3 heterocycles. The summed E-state index contributed by atoms with van der Waals surface area (Å²) in [6, 6.07) is 12.3. The van der Waals surface area contributed by atoms with E-state index < -0.39 is 5.91 Å². The number of amides is 2. The highest BCUT2D eigenvalue weighted by Crippen LogP contribution is 2.35. The zero-order valence-electron chi connectivity index (χ0n) is 15.8. The number of furan rings is 1. The van der Waals surface area contributed by atoms with E-state index >= 15 is 0 Å². The van der Waals surface area contributed by atoms with Crippen LogP contribution >= 0.6 is 11.3 Å². The molecule has 0 bridgehead atoms. The Hall–Kier alpha value is -3.52. The van der Waals surface area contributed by atoms with Crippen molar-refractivity contribution in [3.8, 4) is 11.5 Å². The second-order valence-corrected chi connectivity index (χ2v) is 7.15. The van der Waals surface area contributed by atoms with Crippen LogP contribution in [0.15, 0.2) is 64.2 Å². The Morgan fingerprint density at radius 1 is 1.03 bits per heavy atom. The molecule has 0 aliphatic carbocycles.